The zero-order valence-electron chi connectivity index (χ0n) is 45.8. The minimum Gasteiger partial charge on any atom is -0.480 e. The molecule has 0 fully saturated rings. The second-order valence-corrected chi connectivity index (χ2v) is 20.1. The van der Waals surface area contributed by atoms with Gasteiger partial charge in [0, 0.05) is 84.6 Å². The second kappa shape index (κ2) is 30.8. The fourth-order valence-electron chi connectivity index (χ4n) is 8.98. The highest BCUT2D eigenvalue weighted by molar-refractivity contribution is 5.99. The van der Waals surface area contributed by atoms with Gasteiger partial charge in [-0.2, -0.15) is 0 Å². The molecule has 2 aromatic carbocycles. The number of carbonyl (C=O) groups is 12. The van der Waals surface area contributed by atoms with Gasteiger partial charge in [-0.3, -0.25) is 52.7 Å². The van der Waals surface area contributed by atoms with Crippen molar-refractivity contribution in [1.82, 2.24) is 57.2 Å². The lowest BCUT2D eigenvalue weighted by atomic mass is 9.96. The predicted octanol–water partition coefficient (Wildman–Crippen LogP) is -2.69. The molecular weight excluding hydrogens is 1080 g/mol. The number of benzene rings is 2. The van der Waals surface area contributed by atoms with Crippen LogP contribution in [0.5, 0.6) is 0 Å². The Kier molecular flexibility index (Phi) is 23.8. The lowest BCUT2D eigenvalue weighted by Crippen LogP contribution is -2.61. The molecule has 0 unspecified atom stereocenters. The van der Waals surface area contributed by atoms with E-state index in [1.807, 2.05) is 24.3 Å². The highest BCUT2D eigenvalue weighted by Crippen LogP contribution is 2.21. The molecule has 3 aromatic heterocycles. The maximum Gasteiger partial charge on any atom is 0.326 e. The van der Waals surface area contributed by atoms with Crippen molar-refractivity contribution >= 4 is 92.8 Å². The second-order valence-electron chi connectivity index (χ2n) is 20.1. The molecule has 5 aromatic rings. The standard InChI is InChI=1S/C54H72N16O13/c1-3-27(2)46(70-47(75)33(55)20-28-23-61-34-10-6-4-8-31(28)34)53(81)67-39(15-19-45(59)74)49(77)64-37(13-17-43(57)72)50(78)68-40(22-30-25-60-26-63-30)52(80)66-36(12-16-42(56)71)48(76)65-38(14-18-44(58)73)51(79)69-41(54(82)83)21-29-24-62-35-11-7-5-9-32(29)35/h4-11,23-27,33,36-41,46,61-62H,3,12-22,55H2,1-2H3,(H2,56,71)(H2,57,72)(H2,58,73)(H2,59,74)(H,60,63)(H,64,77)(H,65,76)(H,66,80)(H,67,81)(H,68,78)(H,69,79)(H,70,75)(H,82,83)/t27-,33-,36-,37-,38-,39-,40-,41-,46-/m0/s1. The number of carbonyl (C=O) groups excluding carboxylic acids is 11. The number of primary amides is 4. The largest absolute Gasteiger partial charge is 0.480 e. The fourth-order valence-corrected chi connectivity index (χ4v) is 8.98. The van der Waals surface area contributed by atoms with Gasteiger partial charge in [-0.15, -0.1) is 0 Å². The van der Waals surface area contributed by atoms with E-state index in [0.29, 0.717) is 22.9 Å². The minimum absolute atomic E-state index is 0.103. The van der Waals surface area contributed by atoms with Crippen molar-refractivity contribution in [2.75, 3.05) is 0 Å². The van der Waals surface area contributed by atoms with Crippen LogP contribution in [0.1, 0.15) is 88.5 Å². The third kappa shape index (κ3) is 19.5. The van der Waals surface area contributed by atoms with E-state index in [9.17, 15) is 62.6 Å². The first-order chi connectivity index (χ1) is 39.4. The number of nitrogens with zero attached hydrogens (tertiary/aromatic N) is 1. The molecule has 3 heterocycles. The van der Waals surface area contributed by atoms with Crippen molar-refractivity contribution in [3.8, 4) is 0 Å². The number of rotatable bonds is 35. The Labute approximate surface area is 475 Å². The first-order valence-corrected chi connectivity index (χ1v) is 26.8. The number of nitrogens with one attached hydrogen (secondary N) is 10. The van der Waals surface area contributed by atoms with Crippen LogP contribution in [0.25, 0.3) is 21.8 Å². The minimum atomic E-state index is -1.71. The number of imidazole rings is 1. The monoisotopic (exact) mass is 1150 g/mol. The summed E-state index contributed by atoms with van der Waals surface area (Å²) in [6.07, 6.45) is 1.99. The van der Waals surface area contributed by atoms with Gasteiger partial charge < -0.3 is 85.9 Å². The Morgan fingerprint density at radius 3 is 1.28 bits per heavy atom. The molecule has 83 heavy (non-hydrogen) atoms. The zero-order chi connectivity index (χ0) is 60.9. The number of para-hydroxylation sites is 2. The van der Waals surface area contributed by atoms with Crippen LogP contribution in [0.3, 0.4) is 0 Å². The van der Waals surface area contributed by atoms with Gasteiger partial charge in [0.15, 0.2) is 0 Å². The van der Waals surface area contributed by atoms with Crippen LogP contribution in [0.4, 0.5) is 0 Å². The molecule has 0 aliphatic carbocycles. The number of aliphatic carboxylic acids is 1. The smallest absolute Gasteiger partial charge is 0.326 e. The van der Waals surface area contributed by atoms with E-state index in [4.69, 9.17) is 28.7 Å². The molecule has 5 rings (SSSR count). The lowest BCUT2D eigenvalue weighted by molar-refractivity contribution is -0.142. The summed E-state index contributed by atoms with van der Waals surface area (Å²) < 4.78 is 0. The van der Waals surface area contributed by atoms with Crippen LogP contribution in [-0.2, 0) is 76.8 Å². The number of hydrogen-bond donors (Lipinski definition) is 16. The molecule has 29 heteroatoms. The summed E-state index contributed by atoms with van der Waals surface area (Å²) in [5.41, 5.74) is 31.2. The SMILES string of the molecule is CC[C@H](C)[C@H](NC(=O)[C@@H](N)Cc1c[nH]c2ccccc12)C(=O)N[C@@H](CCC(N)=O)C(=O)N[C@@H](CCC(N)=O)C(=O)N[C@@H](Cc1cnc[nH]1)C(=O)N[C@@H](CCC(N)=O)C(=O)N[C@@H](CCC(N)=O)C(=O)N[C@@H](Cc1c[nH]c2ccccc12)C(=O)O. The van der Waals surface area contributed by atoms with Gasteiger partial charge in [-0.25, -0.2) is 9.78 Å². The number of aromatic nitrogens is 4. The van der Waals surface area contributed by atoms with Crippen molar-refractivity contribution in [2.24, 2.45) is 34.6 Å². The van der Waals surface area contributed by atoms with Crippen molar-refractivity contribution in [3.05, 3.63) is 90.3 Å². The summed E-state index contributed by atoms with van der Waals surface area (Å²) in [5, 5.41) is 29.1. The number of hydrogen-bond acceptors (Lipinski definition) is 14. The molecule has 0 saturated heterocycles. The van der Waals surface area contributed by atoms with Gasteiger partial charge in [-0.1, -0.05) is 56.7 Å². The Hall–Kier alpha value is -9.67. The van der Waals surface area contributed by atoms with Gasteiger partial charge >= 0.3 is 5.97 Å². The topological polar surface area (TPSA) is 500 Å². The van der Waals surface area contributed by atoms with E-state index in [-0.39, 0.29) is 25.0 Å². The molecule has 9 atom stereocenters. The predicted molar refractivity (Wildman–Crippen MR) is 299 cm³/mol. The van der Waals surface area contributed by atoms with Gasteiger partial charge in [0.2, 0.25) is 65.0 Å². The maximum atomic E-state index is 14.4. The number of carboxylic acids is 1. The fraction of sp³-hybridized carbons (Fsp3) is 0.426. The van der Waals surface area contributed by atoms with E-state index in [1.165, 1.54) is 12.5 Å². The number of carboxylic acid groups (broad SMARTS) is 1. The maximum absolute atomic E-state index is 14.4. The molecule has 0 aliphatic heterocycles. The average Bonchev–Trinajstić information content (AvgIpc) is 4.29. The highest BCUT2D eigenvalue weighted by Gasteiger charge is 2.36. The van der Waals surface area contributed by atoms with Crippen LogP contribution in [0, 0.1) is 5.92 Å². The number of aromatic amines is 3. The first kappa shape index (κ1) is 64.2. The molecule has 0 aliphatic rings. The van der Waals surface area contributed by atoms with Crippen LogP contribution in [0.15, 0.2) is 73.4 Å². The van der Waals surface area contributed by atoms with E-state index in [0.717, 1.165) is 16.5 Å². The quantitative estimate of drug-likeness (QED) is 0.0197. The summed E-state index contributed by atoms with van der Waals surface area (Å²) in [6.45, 7) is 3.44. The van der Waals surface area contributed by atoms with Gasteiger partial charge in [0.1, 0.15) is 42.3 Å². The summed E-state index contributed by atoms with van der Waals surface area (Å²) in [6, 6.07) is 2.20. The van der Waals surface area contributed by atoms with E-state index in [1.54, 1.807) is 50.5 Å². The van der Waals surface area contributed by atoms with Crippen LogP contribution in [0.2, 0.25) is 0 Å². The normalized spacial score (nSPS) is 14.4. The first-order valence-electron chi connectivity index (χ1n) is 26.8. The number of fused-ring (bicyclic) bond motifs is 2. The highest BCUT2D eigenvalue weighted by atomic mass is 16.4. The molecule has 0 radical (unpaired) electrons. The third-order valence-electron chi connectivity index (χ3n) is 13.8. The van der Waals surface area contributed by atoms with Crippen molar-refractivity contribution in [1.29, 1.82) is 0 Å². The summed E-state index contributed by atoms with van der Waals surface area (Å²) in [7, 11) is 0. The zero-order valence-corrected chi connectivity index (χ0v) is 45.8. The Bertz CT molecular complexity index is 3140. The summed E-state index contributed by atoms with van der Waals surface area (Å²) in [4.78, 5) is 172. The van der Waals surface area contributed by atoms with Crippen LogP contribution < -0.4 is 65.9 Å². The van der Waals surface area contributed by atoms with E-state index in [2.05, 4.69) is 57.2 Å². The van der Waals surface area contributed by atoms with Crippen LogP contribution in [-0.4, -0.2) is 144 Å². The lowest BCUT2D eigenvalue weighted by Gasteiger charge is -2.29. The average molecular weight is 1150 g/mol. The molecule has 11 amide bonds. The summed E-state index contributed by atoms with van der Waals surface area (Å²) >= 11 is 0. The van der Waals surface area contributed by atoms with Crippen LogP contribution >= 0.6 is 0 Å². The summed E-state index contributed by atoms with van der Waals surface area (Å²) in [5.74, 6) is -12.5. The van der Waals surface area contributed by atoms with Crippen molar-refractivity contribution in [2.45, 2.75) is 139 Å². The molecule has 21 N–H and O–H groups in total. The van der Waals surface area contributed by atoms with Gasteiger partial charge in [0.05, 0.1) is 12.4 Å². The molecular formula is C54H72N16O13. The number of nitrogens with two attached hydrogens (primary N) is 5. The number of H-pyrrole nitrogens is 3. The Morgan fingerprint density at radius 1 is 0.494 bits per heavy atom. The van der Waals surface area contributed by atoms with Gasteiger partial charge in [0.25, 0.3) is 0 Å². The van der Waals surface area contributed by atoms with Crippen molar-refractivity contribution in [3.63, 3.8) is 0 Å². The van der Waals surface area contributed by atoms with E-state index >= 15 is 0 Å². The van der Waals surface area contributed by atoms with Gasteiger partial charge in [-0.05, 0) is 61.3 Å². The number of amides is 11. The molecule has 446 valence electrons. The molecule has 0 saturated carbocycles. The Balaban J connectivity index is 1.35. The molecule has 29 nitrogen and oxygen atoms in total. The van der Waals surface area contributed by atoms with Crippen molar-refractivity contribution < 1.29 is 62.6 Å². The Morgan fingerprint density at radius 2 is 0.880 bits per heavy atom. The third-order valence-corrected chi connectivity index (χ3v) is 13.8. The molecule has 0 bridgehead atoms. The molecule has 0 spiro atoms. The van der Waals surface area contributed by atoms with E-state index < -0.39 is 177 Å².